The zero-order valence-electron chi connectivity index (χ0n) is 16.2. The Hall–Kier alpha value is -2.38. The Morgan fingerprint density at radius 3 is 2.93 bits per heavy atom. The molecule has 146 valence electrons. The van der Waals surface area contributed by atoms with Crippen molar-refractivity contribution in [3.05, 3.63) is 42.6 Å². The van der Waals surface area contributed by atoms with Crippen LogP contribution in [-0.2, 0) is 4.74 Å². The number of methoxy groups -OCH3 is 1. The monoisotopic (exact) mass is 371 g/mol. The summed E-state index contributed by atoms with van der Waals surface area (Å²) in [5.74, 6) is 1.16. The van der Waals surface area contributed by atoms with E-state index in [0.717, 1.165) is 44.9 Å². The maximum absolute atomic E-state index is 12.7. The number of hydrogen-bond acceptors (Lipinski definition) is 4. The molecule has 0 saturated carbocycles. The first-order valence-electron chi connectivity index (χ1n) is 9.50. The van der Waals surface area contributed by atoms with Crippen LogP contribution in [0.4, 0.5) is 10.6 Å². The topological polar surface area (TPSA) is 62.6 Å². The van der Waals surface area contributed by atoms with E-state index in [4.69, 9.17) is 4.74 Å². The summed E-state index contributed by atoms with van der Waals surface area (Å²) in [6, 6.07) is 11.5. The highest BCUT2D eigenvalue weighted by atomic mass is 16.5. The first-order chi connectivity index (χ1) is 13.2. The van der Waals surface area contributed by atoms with Crippen molar-refractivity contribution >= 4 is 11.8 Å². The molecule has 3 rings (SSSR count). The Kier molecular flexibility index (Phi) is 6.84. The van der Waals surface area contributed by atoms with Gasteiger partial charge in [0.25, 0.3) is 0 Å². The van der Waals surface area contributed by atoms with Crippen molar-refractivity contribution in [2.75, 3.05) is 52.3 Å². The van der Waals surface area contributed by atoms with Gasteiger partial charge in [-0.2, -0.15) is 5.10 Å². The smallest absolute Gasteiger partial charge is 0.322 e. The molecule has 7 nitrogen and oxygen atoms in total. The number of urea groups is 1. The number of carbonyl (C=O) groups is 1. The number of ether oxygens (including phenoxy) is 1. The molecule has 1 aliphatic rings. The van der Waals surface area contributed by atoms with E-state index in [0.29, 0.717) is 11.7 Å². The van der Waals surface area contributed by atoms with Gasteiger partial charge in [0.2, 0.25) is 0 Å². The highest BCUT2D eigenvalue weighted by molar-refractivity contribution is 5.88. The molecular weight excluding hydrogens is 342 g/mol. The molecule has 1 N–H and O–H groups in total. The van der Waals surface area contributed by atoms with E-state index in [2.05, 4.69) is 15.3 Å². The third-order valence-electron chi connectivity index (χ3n) is 4.97. The molecule has 2 aromatic rings. The molecule has 1 aromatic heterocycles. The predicted octanol–water partition coefficient (Wildman–Crippen LogP) is 2.69. The van der Waals surface area contributed by atoms with Gasteiger partial charge in [-0.05, 0) is 37.4 Å². The van der Waals surface area contributed by atoms with Crippen LogP contribution in [0.25, 0.3) is 5.69 Å². The predicted molar refractivity (Wildman–Crippen MR) is 106 cm³/mol. The fourth-order valence-corrected chi connectivity index (χ4v) is 3.57. The second-order valence-corrected chi connectivity index (χ2v) is 7.08. The largest absolute Gasteiger partial charge is 0.383 e. The molecule has 1 atom stereocenters. The van der Waals surface area contributed by atoms with Gasteiger partial charge in [0, 0.05) is 39.9 Å². The van der Waals surface area contributed by atoms with E-state index in [1.807, 2.05) is 43.4 Å². The number of benzene rings is 1. The Morgan fingerprint density at radius 2 is 2.15 bits per heavy atom. The van der Waals surface area contributed by atoms with Crippen LogP contribution in [0.15, 0.2) is 42.6 Å². The molecule has 0 spiro atoms. The lowest BCUT2D eigenvalue weighted by atomic mass is 9.97. The second-order valence-electron chi connectivity index (χ2n) is 7.08. The van der Waals surface area contributed by atoms with E-state index in [1.54, 1.807) is 22.9 Å². The minimum atomic E-state index is -0.110. The van der Waals surface area contributed by atoms with Gasteiger partial charge in [0.1, 0.15) is 5.82 Å². The van der Waals surface area contributed by atoms with Gasteiger partial charge < -0.3 is 14.5 Å². The summed E-state index contributed by atoms with van der Waals surface area (Å²) in [6.07, 6.45) is 4.02. The molecule has 7 heteroatoms. The van der Waals surface area contributed by atoms with Crippen molar-refractivity contribution in [3.8, 4) is 5.69 Å². The van der Waals surface area contributed by atoms with Crippen LogP contribution < -0.4 is 5.32 Å². The summed E-state index contributed by atoms with van der Waals surface area (Å²) in [4.78, 5) is 16.9. The molecular formula is C20H29N5O2. The lowest BCUT2D eigenvalue weighted by molar-refractivity contribution is 0.106. The summed E-state index contributed by atoms with van der Waals surface area (Å²) in [5, 5.41) is 7.30. The summed E-state index contributed by atoms with van der Waals surface area (Å²) >= 11 is 0. The quantitative estimate of drug-likeness (QED) is 0.813. The third kappa shape index (κ3) is 5.30. The normalized spacial score (nSPS) is 17.6. The van der Waals surface area contributed by atoms with Crippen LogP contribution in [0, 0.1) is 5.92 Å². The zero-order chi connectivity index (χ0) is 19.1. The standard InChI is InChI=1S/C20H29N5O2/c1-23(15-17-7-6-12-24(16-17)13-14-27-2)20(26)22-19-10-11-21-25(19)18-8-4-3-5-9-18/h3-5,8-11,17H,6-7,12-16H2,1-2H3,(H,22,26)/t17-/m0/s1. The summed E-state index contributed by atoms with van der Waals surface area (Å²) < 4.78 is 6.92. The van der Waals surface area contributed by atoms with E-state index < -0.39 is 0 Å². The minimum Gasteiger partial charge on any atom is -0.383 e. The number of rotatable bonds is 7. The molecule has 2 heterocycles. The first-order valence-corrected chi connectivity index (χ1v) is 9.50. The summed E-state index contributed by atoms with van der Waals surface area (Å²) in [5.41, 5.74) is 0.918. The molecule has 1 fully saturated rings. The zero-order valence-corrected chi connectivity index (χ0v) is 16.2. The summed E-state index contributed by atoms with van der Waals surface area (Å²) in [7, 11) is 3.59. The number of amides is 2. The van der Waals surface area contributed by atoms with Gasteiger partial charge in [-0.25, -0.2) is 9.48 Å². The van der Waals surface area contributed by atoms with E-state index in [1.165, 1.54) is 6.42 Å². The number of likely N-dealkylation sites (tertiary alicyclic amines) is 1. The number of aromatic nitrogens is 2. The molecule has 27 heavy (non-hydrogen) atoms. The Labute approximate surface area is 160 Å². The van der Waals surface area contributed by atoms with Crippen molar-refractivity contribution in [2.24, 2.45) is 5.92 Å². The molecule has 1 saturated heterocycles. The highest BCUT2D eigenvalue weighted by Gasteiger charge is 2.23. The lowest BCUT2D eigenvalue weighted by Crippen LogP contribution is -2.43. The molecule has 0 radical (unpaired) electrons. The van der Waals surface area contributed by atoms with Crippen molar-refractivity contribution in [1.29, 1.82) is 0 Å². The number of anilines is 1. The van der Waals surface area contributed by atoms with Crippen LogP contribution in [0.5, 0.6) is 0 Å². The second kappa shape index (κ2) is 9.53. The maximum atomic E-state index is 12.7. The van der Waals surface area contributed by atoms with Crippen LogP contribution in [0.2, 0.25) is 0 Å². The summed E-state index contributed by atoms with van der Waals surface area (Å²) in [6.45, 7) is 4.59. The third-order valence-corrected chi connectivity index (χ3v) is 4.97. The van der Waals surface area contributed by atoms with Crippen molar-refractivity contribution in [2.45, 2.75) is 12.8 Å². The number of carbonyl (C=O) groups excluding carboxylic acids is 1. The molecule has 2 amide bonds. The molecule has 0 unspecified atom stereocenters. The van der Waals surface area contributed by atoms with Crippen molar-refractivity contribution in [1.82, 2.24) is 19.6 Å². The van der Waals surface area contributed by atoms with Crippen LogP contribution in [-0.4, -0.2) is 72.6 Å². The molecule has 0 aliphatic carbocycles. The number of para-hydroxylation sites is 1. The Bertz CT molecular complexity index is 718. The lowest BCUT2D eigenvalue weighted by Gasteiger charge is -2.34. The van der Waals surface area contributed by atoms with Gasteiger partial charge in [0.05, 0.1) is 18.5 Å². The molecule has 1 aromatic carbocycles. The van der Waals surface area contributed by atoms with Crippen LogP contribution in [0.1, 0.15) is 12.8 Å². The van der Waals surface area contributed by atoms with Crippen LogP contribution in [0.3, 0.4) is 0 Å². The minimum absolute atomic E-state index is 0.110. The van der Waals surface area contributed by atoms with Crippen molar-refractivity contribution < 1.29 is 9.53 Å². The molecule has 0 bridgehead atoms. The Morgan fingerprint density at radius 1 is 1.33 bits per heavy atom. The fourth-order valence-electron chi connectivity index (χ4n) is 3.57. The van der Waals surface area contributed by atoms with Crippen molar-refractivity contribution in [3.63, 3.8) is 0 Å². The van der Waals surface area contributed by atoms with Gasteiger partial charge in [-0.1, -0.05) is 18.2 Å². The number of nitrogens with zero attached hydrogens (tertiary/aromatic N) is 4. The van der Waals surface area contributed by atoms with Gasteiger partial charge in [-0.15, -0.1) is 0 Å². The van der Waals surface area contributed by atoms with E-state index in [9.17, 15) is 4.79 Å². The average Bonchev–Trinajstić information content (AvgIpc) is 3.15. The first kappa shape index (κ1) is 19.4. The fraction of sp³-hybridized carbons (Fsp3) is 0.500. The maximum Gasteiger partial charge on any atom is 0.322 e. The van der Waals surface area contributed by atoms with Gasteiger partial charge >= 0.3 is 6.03 Å². The number of hydrogen-bond donors (Lipinski definition) is 1. The van der Waals surface area contributed by atoms with Gasteiger partial charge in [0.15, 0.2) is 0 Å². The highest BCUT2D eigenvalue weighted by Crippen LogP contribution is 2.18. The Balaban J connectivity index is 1.55. The average molecular weight is 371 g/mol. The van der Waals surface area contributed by atoms with Gasteiger partial charge in [-0.3, -0.25) is 5.32 Å². The van der Waals surface area contributed by atoms with Crippen LogP contribution >= 0.6 is 0 Å². The van der Waals surface area contributed by atoms with E-state index in [-0.39, 0.29) is 6.03 Å². The molecule has 1 aliphatic heterocycles. The number of piperidine rings is 1. The SMILES string of the molecule is COCCN1CCC[C@@H](CN(C)C(=O)Nc2ccnn2-c2ccccc2)C1. The van der Waals surface area contributed by atoms with E-state index >= 15 is 0 Å². The number of nitrogens with one attached hydrogen (secondary N) is 1.